The van der Waals surface area contributed by atoms with Crippen LogP contribution in [0.4, 0.5) is 4.79 Å². The van der Waals surface area contributed by atoms with E-state index in [2.05, 4.69) is 10.7 Å². The SMILES string of the molecule is O=C(O)C1CCCC1NC(=O)N(Cc1ccsc1)C1CC1. The molecule has 2 amide bonds. The van der Waals surface area contributed by atoms with E-state index in [9.17, 15) is 14.7 Å². The second-order valence-corrected chi connectivity index (χ2v) is 6.70. The Morgan fingerprint density at radius 2 is 2.14 bits per heavy atom. The zero-order valence-electron chi connectivity index (χ0n) is 11.8. The van der Waals surface area contributed by atoms with Crippen LogP contribution in [-0.4, -0.2) is 34.1 Å². The van der Waals surface area contributed by atoms with Gasteiger partial charge in [-0.1, -0.05) is 6.42 Å². The van der Waals surface area contributed by atoms with Crippen molar-refractivity contribution in [1.82, 2.24) is 10.2 Å². The van der Waals surface area contributed by atoms with Crippen LogP contribution in [0.5, 0.6) is 0 Å². The number of carbonyl (C=O) groups is 2. The Bertz CT molecular complexity index is 513. The Morgan fingerprint density at radius 1 is 1.33 bits per heavy atom. The number of hydrogen-bond acceptors (Lipinski definition) is 3. The molecular formula is C15H20N2O3S. The lowest BCUT2D eigenvalue weighted by molar-refractivity contribution is -0.142. The molecule has 0 spiro atoms. The number of nitrogens with one attached hydrogen (secondary N) is 1. The summed E-state index contributed by atoms with van der Waals surface area (Å²) in [6, 6.07) is 2.01. The van der Waals surface area contributed by atoms with Gasteiger partial charge in [-0.3, -0.25) is 4.79 Å². The Kier molecular flexibility index (Phi) is 4.14. The molecule has 2 N–H and O–H groups in total. The molecular weight excluding hydrogens is 288 g/mol. The van der Waals surface area contributed by atoms with Crippen molar-refractivity contribution in [2.24, 2.45) is 5.92 Å². The highest BCUT2D eigenvalue weighted by Crippen LogP contribution is 2.30. The third-order valence-electron chi connectivity index (χ3n) is 4.32. The van der Waals surface area contributed by atoms with Crippen LogP contribution in [-0.2, 0) is 11.3 Å². The molecule has 21 heavy (non-hydrogen) atoms. The molecule has 2 unspecified atom stereocenters. The predicted octanol–water partition coefficient (Wildman–Crippen LogP) is 2.68. The third kappa shape index (κ3) is 3.37. The van der Waals surface area contributed by atoms with Gasteiger partial charge in [-0.05, 0) is 48.1 Å². The monoisotopic (exact) mass is 308 g/mol. The second-order valence-electron chi connectivity index (χ2n) is 5.92. The van der Waals surface area contributed by atoms with Gasteiger partial charge in [0.2, 0.25) is 0 Å². The van der Waals surface area contributed by atoms with E-state index in [-0.39, 0.29) is 12.1 Å². The van der Waals surface area contributed by atoms with E-state index in [0.717, 1.165) is 31.2 Å². The molecule has 5 nitrogen and oxygen atoms in total. The van der Waals surface area contributed by atoms with Crippen molar-refractivity contribution < 1.29 is 14.7 Å². The van der Waals surface area contributed by atoms with E-state index in [1.165, 1.54) is 0 Å². The summed E-state index contributed by atoms with van der Waals surface area (Å²) in [6.07, 6.45) is 4.39. The molecule has 0 radical (unpaired) electrons. The summed E-state index contributed by atoms with van der Waals surface area (Å²) in [7, 11) is 0. The van der Waals surface area contributed by atoms with Gasteiger partial charge >= 0.3 is 12.0 Å². The maximum absolute atomic E-state index is 12.5. The lowest BCUT2D eigenvalue weighted by Crippen LogP contribution is -2.47. The quantitative estimate of drug-likeness (QED) is 0.878. The molecule has 0 bridgehead atoms. The molecule has 3 rings (SSSR count). The van der Waals surface area contributed by atoms with Crippen molar-refractivity contribution >= 4 is 23.3 Å². The number of carboxylic acids is 1. The molecule has 0 saturated heterocycles. The van der Waals surface area contributed by atoms with Crippen molar-refractivity contribution in [3.05, 3.63) is 22.4 Å². The molecule has 114 valence electrons. The predicted molar refractivity (Wildman–Crippen MR) is 80.2 cm³/mol. The number of aliphatic carboxylic acids is 1. The zero-order valence-corrected chi connectivity index (χ0v) is 12.6. The van der Waals surface area contributed by atoms with Crippen molar-refractivity contribution in [2.45, 2.75) is 50.7 Å². The minimum atomic E-state index is -0.798. The number of hydrogen-bond donors (Lipinski definition) is 2. The number of thiophene rings is 1. The molecule has 0 aromatic carbocycles. The third-order valence-corrected chi connectivity index (χ3v) is 5.06. The van der Waals surface area contributed by atoms with Crippen LogP contribution >= 0.6 is 11.3 Å². The second kappa shape index (κ2) is 6.05. The number of carboxylic acid groups (broad SMARTS) is 1. The average Bonchev–Trinajstić information content (AvgIpc) is 2.97. The minimum Gasteiger partial charge on any atom is -0.481 e. The summed E-state index contributed by atoms with van der Waals surface area (Å²) in [4.78, 5) is 25.6. The Labute approximate surface area is 128 Å². The first kappa shape index (κ1) is 14.4. The zero-order chi connectivity index (χ0) is 14.8. The number of amides is 2. The standard InChI is InChI=1S/C15H20N2O3S/c18-14(19)12-2-1-3-13(12)16-15(20)17(11-4-5-11)8-10-6-7-21-9-10/h6-7,9,11-13H,1-5,8H2,(H,16,20)(H,18,19). The molecule has 0 aliphatic heterocycles. The van der Waals surface area contributed by atoms with Gasteiger partial charge in [0.1, 0.15) is 0 Å². The number of urea groups is 1. The normalized spacial score (nSPS) is 24.8. The van der Waals surface area contributed by atoms with Gasteiger partial charge in [-0.25, -0.2) is 4.79 Å². The summed E-state index contributed by atoms with van der Waals surface area (Å²) in [6.45, 7) is 0.616. The molecule has 6 heteroatoms. The molecule has 2 saturated carbocycles. The summed E-state index contributed by atoms with van der Waals surface area (Å²) >= 11 is 1.63. The molecule has 2 fully saturated rings. The maximum atomic E-state index is 12.5. The van der Waals surface area contributed by atoms with Gasteiger partial charge in [-0.15, -0.1) is 0 Å². The van der Waals surface area contributed by atoms with Crippen molar-refractivity contribution in [2.75, 3.05) is 0 Å². The van der Waals surface area contributed by atoms with Crippen LogP contribution < -0.4 is 5.32 Å². The Balaban J connectivity index is 1.63. The van der Waals surface area contributed by atoms with E-state index in [0.29, 0.717) is 19.0 Å². The van der Waals surface area contributed by atoms with Gasteiger partial charge in [0.15, 0.2) is 0 Å². The molecule has 2 aliphatic carbocycles. The van der Waals surface area contributed by atoms with E-state index >= 15 is 0 Å². The van der Waals surface area contributed by atoms with E-state index in [1.807, 2.05) is 16.3 Å². The van der Waals surface area contributed by atoms with Crippen LogP contribution in [0.25, 0.3) is 0 Å². The van der Waals surface area contributed by atoms with Crippen molar-refractivity contribution in [3.63, 3.8) is 0 Å². The Morgan fingerprint density at radius 3 is 2.76 bits per heavy atom. The van der Waals surface area contributed by atoms with Gasteiger partial charge in [0, 0.05) is 18.6 Å². The minimum absolute atomic E-state index is 0.109. The smallest absolute Gasteiger partial charge is 0.318 e. The van der Waals surface area contributed by atoms with Crippen LogP contribution in [0.15, 0.2) is 16.8 Å². The maximum Gasteiger partial charge on any atom is 0.318 e. The summed E-state index contributed by atoms with van der Waals surface area (Å²) < 4.78 is 0. The largest absolute Gasteiger partial charge is 0.481 e. The summed E-state index contributed by atoms with van der Waals surface area (Å²) in [5.41, 5.74) is 1.14. The number of nitrogens with zero attached hydrogens (tertiary/aromatic N) is 1. The van der Waals surface area contributed by atoms with E-state index in [1.54, 1.807) is 11.3 Å². The van der Waals surface area contributed by atoms with Gasteiger partial charge < -0.3 is 15.3 Å². The summed E-state index contributed by atoms with van der Waals surface area (Å²) in [5, 5.41) is 16.2. The summed E-state index contributed by atoms with van der Waals surface area (Å²) in [5.74, 6) is -1.23. The van der Waals surface area contributed by atoms with Crippen LogP contribution in [0.2, 0.25) is 0 Å². The fraction of sp³-hybridized carbons (Fsp3) is 0.600. The lowest BCUT2D eigenvalue weighted by atomic mass is 10.0. The molecule has 1 heterocycles. The van der Waals surface area contributed by atoms with Crippen molar-refractivity contribution in [1.29, 1.82) is 0 Å². The van der Waals surface area contributed by atoms with Gasteiger partial charge in [0.05, 0.1) is 5.92 Å². The fourth-order valence-electron chi connectivity index (χ4n) is 3.00. The van der Waals surface area contributed by atoms with Gasteiger partial charge in [-0.2, -0.15) is 11.3 Å². The first-order valence-electron chi connectivity index (χ1n) is 7.46. The average molecular weight is 308 g/mol. The van der Waals surface area contributed by atoms with Gasteiger partial charge in [0.25, 0.3) is 0 Å². The highest BCUT2D eigenvalue weighted by atomic mass is 32.1. The number of rotatable bonds is 5. The van der Waals surface area contributed by atoms with Crippen LogP contribution in [0.3, 0.4) is 0 Å². The Hall–Kier alpha value is -1.56. The molecule has 1 aromatic rings. The fourth-order valence-corrected chi connectivity index (χ4v) is 3.66. The molecule has 1 aromatic heterocycles. The van der Waals surface area contributed by atoms with Crippen LogP contribution in [0, 0.1) is 5.92 Å². The topological polar surface area (TPSA) is 69.6 Å². The highest BCUT2D eigenvalue weighted by Gasteiger charge is 2.37. The molecule has 2 atom stereocenters. The van der Waals surface area contributed by atoms with E-state index in [4.69, 9.17) is 0 Å². The van der Waals surface area contributed by atoms with Crippen molar-refractivity contribution in [3.8, 4) is 0 Å². The van der Waals surface area contributed by atoms with Crippen LogP contribution in [0.1, 0.15) is 37.7 Å². The first-order valence-corrected chi connectivity index (χ1v) is 8.40. The molecule has 2 aliphatic rings. The van der Waals surface area contributed by atoms with E-state index < -0.39 is 11.9 Å². The number of carbonyl (C=O) groups excluding carboxylic acids is 1. The first-order chi connectivity index (χ1) is 10.1. The highest BCUT2D eigenvalue weighted by molar-refractivity contribution is 7.07. The lowest BCUT2D eigenvalue weighted by Gasteiger charge is -2.26.